The fourth-order valence-electron chi connectivity index (χ4n) is 1.83. The lowest BCUT2D eigenvalue weighted by atomic mass is 10.1. The molecule has 0 aliphatic carbocycles. The molecule has 0 radical (unpaired) electrons. The number of rotatable bonds is 5. The minimum Gasteiger partial charge on any atom is -0.377 e. The van der Waals surface area contributed by atoms with Crippen molar-refractivity contribution in [2.24, 2.45) is 11.7 Å². The number of nitrogens with one attached hydrogen (secondary N) is 1. The average molecular weight is 311 g/mol. The second-order valence-corrected chi connectivity index (χ2v) is 7.91. The third kappa shape index (κ3) is 3.43. The lowest BCUT2D eigenvalue weighted by Crippen LogP contribution is -2.29. The third-order valence-electron chi connectivity index (χ3n) is 2.80. The van der Waals surface area contributed by atoms with Crippen molar-refractivity contribution >= 4 is 33.0 Å². The molecule has 5 nitrogen and oxygen atoms in total. The highest BCUT2D eigenvalue weighted by atomic mass is 35.5. The number of hydrogen-bond donors (Lipinski definition) is 2. The minimum atomic E-state index is -3.45. The minimum absolute atomic E-state index is 0.0516. The van der Waals surface area contributed by atoms with Crippen LogP contribution in [0.4, 0.5) is 0 Å². The Balaban J connectivity index is 1.90. The van der Waals surface area contributed by atoms with E-state index in [0.29, 0.717) is 24.0 Å². The van der Waals surface area contributed by atoms with Crippen molar-refractivity contribution in [3.63, 3.8) is 0 Å². The van der Waals surface area contributed by atoms with Gasteiger partial charge in [0.25, 0.3) is 0 Å². The Hall–Kier alpha value is -0.180. The van der Waals surface area contributed by atoms with Crippen LogP contribution in [0.25, 0.3) is 0 Å². The van der Waals surface area contributed by atoms with Gasteiger partial charge in [0, 0.05) is 13.1 Å². The molecule has 1 aliphatic heterocycles. The molecular weight excluding hydrogens is 296 g/mol. The number of ether oxygens (including phenoxy) is 1. The van der Waals surface area contributed by atoms with Crippen LogP contribution in [0.3, 0.4) is 0 Å². The van der Waals surface area contributed by atoms with Gasteiger partial charge in [-0.15, -0.1) is 11.3 Å². The predicted octanol–water partition coefficient (Wildman–Crippen LogP) is 1.04. The van der Waals surface area contributed by atoms with E-state index in [0.717, 1.165) is 17.8 Å². The highest BCUT2D eigenvalue weighted by Crippen LogP contribution is 2.26. The molecule has 2 heterocycles. The van der Waals surface area contributed by atoms with Gasteiger partial charge in [-0.1, -0.05) is 11.6 Å². The van der Waals surface area contributed by atoms with Crippen LogP contribution >= 0.6 is 22.9 Å². The molecule has 0 saturated carbocycles. The summed E-state index contributed by atoms with van der Waals surface area (Å²) in [5.74, 6) is 0.184. The zero-order valence-electron chi connectivity index (χ0n) is 9.63. The van der Waals surface area contributed by atoms with Gasteiger partial charge >= 0.3 is 0 Å². The van der Waals surface area contributed by atoms with Crippen molar-refractivity contribution in [3.05, 3.63) is 16.5 Å². The van der Waals surface area contributed by atoms with E-state index in [1.54, 1.807) is 6.07 Å². The smallest absolute Gasteiger partial charge is 0.250 e. The van der Waals surface area contributed by atoms with E-state index >= 15 is 0 Å². The summed E-state index contributed by atoms with van der Waals surface area (Å²) in [6, 6.07) is 3.08. The number of halogens is 1. The average Bonchev–Trinajstić information content (AvgIpc) is 2.95. The number of thiophene rings is 1. The van der Waals surface area contributed by atoms with Crippen molar-refractivity contribution in [1.29, 1.82) is 0 Å². The third-order valence-corrected chi connectivity index (χ3v) is 5.95. The highest BCUT2D eigenvalue weighted by Gasteiger charge is 2.26. The molecule has 8 heteroatoms. The maximum Gasteiger partial charge on any atom is 0.250 e. The fraction of sp³-hybridized carbons (Fsp3) is 0.600. The van der Waals surface area contributed by atoms with Gasteiger partial charge in [0.2, 0.25) is 10.0 Å². The molecule has 0 spiro atoms. The van der Waals surface area contributed by atoms with Crippen LogP contribution in [0.5, 0.6) is 0 Å². The van der Waals surface area contributed by atoms with Crippen LogP contribution in [0.1, 0.15) is 6.42 Å². The molecule has 2 rings (SSSR count). The van der Waals surface area contributed by atoms with Crippen LogP contribution in [0.2, 0.25) is 4.34 Å². The van der Waals surface area contributed by atoms with Crippen molar-refractivity contribution in [1.82, 2.24) is 4.72 Å². The van der Waals surface area contributed by atoms with E-state index in [-0.39, 0.29) is 16.2 Å². The molecule has 1 aromatic heterocycles. The Morgan fingerprint density at radius 1 is 1.56 bits per heavy atom. The largest absolute Gasteiger partial charge is 0.377 e. The molecule has 0 aromatic carbocycles. The first-order chi connectivity index (χ1) is 8.51. The molecule has 1 aromatic rings. The van der Waals surface area contributed by atoms with Gasteiger partial charge in [0.05, 0.1) is 17.0 Å². The van der Waals surface area contributed by atoms with Gasteiger partial charge in [-0.25, -0.2) is 13.1 Å². The van der Waals surface area contributed by atoms with Crippen LogP contribution in [-0.2, 0) is 14.8 Å². The molecule has 0 amide bonds. The summed E-state index contributed by atoms with van der Waals surface area (Å²) in [4.78, 5) is 0. The maximum absolute atomic E-state index is 11.9. The topological polar surface area (TPSA) is 81.4 Å². The number of nitrogens with two attached hydrogens (primary N) is 1. The van der Waals surface area contributed by atoms with E-state index in [1.165, 1.54) is 6.07 Å². The van der Waals surface area contributed by atoms with Gasteiger partial charge in [0.1, 0.15) is 4.21 Å². The Labute approximate surface area is 115 Å². The summed E-state index contributed by atoms with van der Waals surface area (Å²) >= 11 is 6.77. The van der Waals surface area contributed by atoms with Crippen molar-refractivity contribution in [2.45, 2.75) is 16.7 Å². The Morgan fingerprint density at radius 2 is 2.33 bits per heavy atom. The summed E-state index contributed by atoms with van der Waals surface area (Å²) in [6.07, 6.45) is 0.847. The van der Waals surface area contributed by atoms with E-state index < -0.39 is 10.0 Å². The molecule has 18 heavy (non-hydrogen) atoms. The fourth-order valence-corrected chi connectivity index (χ4v) is 4.47. The SMILES string of the molecule is NCC1CC(CNS(=O)(=O)c2ccc(Cl)s2)CO1. The molecule has 1 fully saturated rings. The molecule has 0 bridgehead atoms. The first-order valence-corrected chi connectivity index (χ1v) is 8.25. The van der Waals surface area contributed by atoms with E-state index in [2.05, 4.69) is 4.72 Å². The lowest BCUT2D eigenvalue weighted by molar-refractivity contribution is 0.113. The Kier molecular flexibility index (Phi) is 4.63. The van der Waals surface area contributed by atoms with Gasteiger partial charge in [-0.05, 0) is 24.5 Å². The molecule has 1 saturated heterocycles. The number of hydrogen-bond acceptors (Lipinski definition) is 5. The maximum atomic E-state index is 11.9. The standard InChI is InChI=1S/C10H15ClN2O3S2/c11-9-1-2-10(17-9)18(14,15)13-5-7-3-8(4-12)16-6-7/h1-2,7-8,13H,3-6,12H2. The monoisotopic (exact) mass is 310 g/mol. The molecular formula is C10H15ClN2O3S2. The van der Waals surface area contributed by atoms with E-state index in [1.807, 2.05) is 0 Å². The Morgan fingerprint density at radius 3 is 2.89 bits per heavy atom. The van der Waals surface area contributed by atoms with Crippen LogP contribution in [-0.4, -0.2) is 34.2 Å². The van der Waals surface area contributed by atoms with Crippen LogP contribution in [0.15, 0.2) is 16.3 Å². The second kappa shape index (κ2) is 5.85. The summed E-state index contributed by atoms with van der Waals surface area (Å²) in [6.45, 7) is 1.40. The summed E-state index contributed by atoms with van der Waals surface area (Å²) < 4.78 is 32.5. The second-order valence-electron chi connectivity index (χ2n) is 4.20. The van der Waals surface area contributed by atoms with Crippen molar-refractivity contribution in [2.75, 3.05) is 19.7 Å². The predicted molar refractivity (Wildman–Crippen MR) is 71.4 cm³/mol. The normalized spacial score (nSPS) is 24.6. The molecule has 102 valence electrons. The Bertz CT molecular complexity index is 503. The zero-order valence-corrected chi connectivity index (χ0v) is 12.0. The highest BCUT2D eigenvalue weighted by molar-refractivity contribution is 7.91. The van der Waals surface area contributed by atoms with E-state index in [9.17, 15) is 8.42 Å². The first kappa shape index (κ1) is 14.2. The van der Waals surface area contributed by atoms with Crippen molar-refractivity contribution in [3.8, 4) is 0 Å². The van der Waals surface area contributed by atoms with Crippen molar-refractivity contribution < 1.29 is 13.2 Å². The summed E-state index contributed by atoms with van der Waals surface area (Å²) in [5.41, 5.74) is 5.50. The first-order valence-electron chi connectivity index (χ1n) is 5.58. The summed E-state index contributed by atoms with van der Waals surface area (Å²) in [7, 11) is -3.45. The van der Waals surface area contributed by atoms with Gasteiger partial charge in [-0.3, -0.25) is 0 Å². The molecule has 2 atom stereocenters. The molecule has 2 unspecified atom stereocenters. The molecule has 1 aliphatic rings. The molecule has 3 N–H and O–H groups in total. The van der Waals surface area contributed by atoms with Crippen LogP contribution in [0, 0.1) is 5.92 Å². The van der Waals surface area contributed by atoms with Gasteiger partial charge in [-0.2, -0.15) is 0 Å². The number of sulfonamides is 1. The van der Waals surface area contributed by atoms with Gasteiger partial charge in [0.15, 0.2) is 0 Å². The zero-order chi connectivity index (χ0) is 13.2. The van der Waals surface area contributed by atoms with E-state index in [4.69, 9.17) is 22.1 Å². The van der Waals surface area contributed by atoms with Gasteiger partial charge < -0.3 is 10.5 Å². The lowest BCUT2D eigenvalue weighted by Gasteiger charge is -2.09. The quantitative estimate of drug-likeness (QED) is 0.851. The van der Waals surface area contributed by atoms with Crippen LogP contribution < -0.4 is 10.5 Å². The summed E-state index contributed by atoms with van der Waals surface area (Å²) in [5, 5.41) is 0.